The van der Waals surface area contributed by atoms with Crippen LogP contribution < -0.4 is 5.32 Å². The molecule has 2 rings (SSSR count). The lowest BCUT2D eigenvalue weighted by atomic mass is 10.2. The summed E-state index contributed by atoms with van der Waals surface area (Å²) in [5.74, 6) is 0. The largest absolute Gasteiger partial charge is 0.389 e. The molecular formula is C13H16ClNO2S2. The molecule has 2 unspecified atom stereocenters. The fourth-order valence-corrected chi connectivity index (χ4v) is 3.83. The summed E-state index contributed by atoms with van der Waals surface area (Å²) in [6.07, 6.45) is -0.511. The molecule has 6 heteroatoms. The van der Waals surface area contributed by atoms with Crippen LogP contribution in [0.25, 0.3) is 0 Å². The van der Waals surface area contributed by atoms with Crippen molar-refractivity contribution < 1.29 is 9.84 Å². The molecule has 0 amide bonds. The van der Waals surface area contributed by atoms with Gasteiger partial charge in [0.25, 0.3) is 0 Å². The fraction of sp³-hybridized carbons (Fsp3) is 0.385. The quantitative estimate of drug-likeness (QED) is 0.824. The predicted octanol–water partition coefficient (Wildman–Crippen LogP) is 3.15. The molecule has 0 spiro atoms. The third-order valence-electron chi connectivity index (χ3n) is 2.62. The van der Waals surface area contributed by atoms with Gasteiger partial charge in [-0.1, -0.05) is 17.7 Å². The Morgan fingerprint density at radius 3 is 2.79 bits per heavy atom. The monoisotopic (exact) mass is 317 g/mol. The summed E-state index contributed by atoms with van der Waals surface area (Å²) in [4.78, 5) is 2.36. The zero-order valence-corrected chi connectivity index (χ0v) is 12.9. The van der Waals surface area contributed by atoms with E-state index < -0.39 is 6.10 Å². The second-order valence-electron chi connectivity index (χ2n) is 4.11. The van der Waals surface area contributed by atoms with E-state index in [0.29, 0.717) is 13.2 Å². The second-order valence-corrected chi connectivity index (χ2v) is 6.83. The van der Waals surface area contributed by atoms with Crippen LogP contribution in [0.15, 0.2) is 29.6 Å². The van der Waals surface area contributed by atoms with Crippen molar-refractivity contribution in [3.63, 3.8) is 0 Å². The van der Waals surface area contributed by atoms with Gasteiger partial charge >= 0.3 is 0 Å². The summed E-state index contributed by atoms with van der Waals surface area (Å²) in [6, 6.07) is 8.10. The van der Waals surface area contributed by atoms with E-state index in [1.165, 1.54) is 4.88 Å². The van der Waals surface area contributed by atoms with Gasteiger partial charge in [-0.3, -0.25) is 0 Å². The van der Waals surface area contributed by atoms with Crippen molar-refractivity contribution in [2.75, 3.05) is 20.3 Å². The molecule has 2 aromatic heterocycles. The van der Waals surface area contributed by atoms with Crippen LogP contribution >= 0.6 is 34.3 Å². The second kappa shape index (κ2) is 7.38. The Morgan fingerprint density at radius 2 is 2.21 bits per heavy atom. The van der Waals surface area contributed by atoms with E-state index >= 15 is 0 Å². The van der Waals surface area contributed by atoms with Crippen LogP contribution in [-0.4, -0.2) is 31.5 Å². The van der Waals surface area contributed by atoms with Gasteiger partial charge < -0.3 is 15.2 Å². The summed E-state index contributed by atoms with van der Waals surface area (Å²) in [7, 11) is 1.58. The highest BCUT2D eigenvalue weighted by Crippen LogP contribution is 2.32. The summed E-state index contributed by atoms with van der Waals surface area (Å²) in [6.45, 7) is 0.807. The minimum atomic E-state index is -0.511. The Morgan fingerprint density at radius 1 is 1.37 bits per heavy atom. The molecule has 0 bridgehead atoms. The van der Waals surface area contributed by atoms with Crippen molar-refractivity contribution in [3.8, 4) is 0 Å². The van der Waals surface area contributed by atoms with Crippen LogP contribution in [0.5, 0.6) is 0 Å². The van der Waals surface area contributed by atoms with Crippen molar-refractivity contribution in [3.05, 3.63) is 43.7 Å². The standard InChI is InChI=1S/C13H16ClNO2S2/c1-17-8-9(16)7-15-13(10-3-2-6-18-10)11-4-5-12(14)19-11/h2-6,9,13,15-16H,7-8H2,1H3. The molecule has 0 aliphatic rings. The third kappa shape index (κ3) is 4.27. The van der Waals surface area contributed by atoms with Crippen molar-refractivity contribution in [1.82, 2.24) is 5.32 Å². The number of thiophene rings is 2. The summed E-state index contributed by atoms with van der Waals surface area (Å²) >= 11 is 9.25. The molecule has 0 aliphatic carbocycles. The summed E-state index contributed by atoms with van der Waals surface area (Å²) < 4.78 is 5.70. The zero-order chi connectivity index (χ0) is 13.7. The molecule has 2 aromatic rings. The third-order valence-corrected chi connectivity index (χ3v) is 4.86. The molecule has 104 valence electrons. The maximum Gasteiger partial charge on any atom is 0.0931 e. The van der Waals surface area contributed by atoms with Crippen molar-refractivity contribution in [2.45, 2.75) is 12.1 Å². The van der Waals surface area contributed by atoms with Gasteiger partial charge in [-0.05, 0) is 23.6 Å². The molecule has 3 nitrogen and oxygen atoms in total. The highest BCUT2D eigenvalue weighted by atomic mass is 35.5. The van der Waals surface area contributed by atoms with Gasteiger partial charge in [0.15, 0.2) is 0 Å². The SMILES string of the molecule is COCC(O)CNC(c1cccs1)c1ccc(Cl)s1. The molecule has 2 N–H and O–H groups in total. The van der Waals surface area contributed by atoms with Crippen molar-refractivity contribution in [1.29, 1.82) is 0 Å². The predicted molar refractivity (Wildman–Crippen MR) is 81.4 cm³/mol. The number of hydrogen-bond acceptors (Lipinski definition) is 5. The fourth-order valence-electron chi connectivity index (χ4n) is 1.79. The van der Waals surface area contributed by atoms with E-state index in [4.69, 9.17) is 16.3 Å². The van der Waals surface area contributed by atoms with Gasteiger partial charge in [0.2, 0.25) is 0 Å². The average Bonchev–Trinajstić information content (AvgIpc) is 3.02. The molecule has 0 radical (unpaired) electrons. The van der Waals surface area contributed by atoms with E-state index in [1.807, 2.05) is 23.6 Å². The first-order chi connectivity index (χ1) is 9.20. The van der Waals surface area contributed by atoms with E-state index in [0.717, 1.165) is 9.21 Å². The number of methoxy groups -OCH3 is 1. The Labute approximate surface area is 125 Å². The van der Waals surface area contributed by atoms with Gasteiger partial charge in [-0.2, -0.15) is 0 Å². The van der Waals surface area contributed by atoms with Crippen LogP contribution in [0.4, 0.5) is 0 Å². The molecule has 0 saturated carbocycles. The first-order valence-electron chi connectivity index (χ1n) is 5.89. The minimum Gasteiger partial charge on any atom is -0.389 e. The first-order valence-corrected chi connectivity index (χ1v) is 7.97. The molecule has 0 aromatic carbocycles. The number of hydrogen-bond donors (Lipinski definition) is 2. The van der Waals surface area contributed by atoms with Crippen LogP contribution in [0.3, 0.4) is 0 Å². The summed E-state index contributed by atoms with van der Waals surface area (Å²) in [5, 5.41) is 15.2. The lowest BCUT2D eigenvalue weighted by molar-refractivity contribution is 0.0636. The normalized spacial score (nSPS) is 14.5. The van der Waals surface area contributed by atoms with Gasteiger partial charge in [0, 0.05) is 23.4 Å². The Kier molecular flexibility index (Phi) is 5.81. The average molecular weight is 318 g/mol. The molecular weight excluding hydrogens is 302 g/mol. The van der Waals surface area contributed by atoms with E-state index in [2.05, 4.69) is 11.4 Å². The number of ether oxygens (including phenoxy) is 1. The molecule has 0 saturated heterocycles. The topological polar surface area (TPSA) is 41.5 Å². The number of rotatable bonds is 7. The summed E-state index contributed by atoms with van der Waals surface area (Å²) in [5.41, 5.74) is 0. The van der Waals surface area contributed by atoms with E-state index in [1.54, 1.807) is 29.8 Å². The highest BCUT2D eigenvalue weighted by Gasteiger charge is 2.18. The van der Waals surface area contributed by atoms with Gasteiger partial charge in [0.05, 0.1) is 23.1 Å². The lowest BCUT2D eigenvalue weighted by Crippen LogP contribution is -2.32. The molecule has 2 atom stereocenters. The van der Waals surface area contributed by atoms with E-state index in [-0.39, 0.29) is 6.04 Å². The Hall–Kier alpha value is -0.430. The van der Waals surface area contributed by atoms with E-state index in [9.17, 15) is 5.11 Å². The molecule has 0 fully saturated rings. The van der Waals surface area contributed by atoms with Gasteiger partial charge in [-0.15, -0.1) is 22.7 Å². The van der Waals surface area contributed by atoms with Gasteiger partial charge in [0.1, 0.15) is 0 Å². The first kappa shape index (κ1) is 15.0. The number of halogens is 1. The lowest BCUT2D eigenvalue weighted by Gasteiger charge is -2.18. The maximum absolute atomic E-state index is 9.74. The minimum absolute atomic E-state index is 0.0732. The van der Waals surface area contributed by atoms with Crippen LogP contribution in [0, 0.1) is 0 Å². The maximum atomic E-state index is 9.74. The zero-order valence-electron chi connectivity index (χ0n) is 10.5. The number of aliphatic hydroxyl groups is 1. The molecule has 0 aliphatic heterocycles. The Balaban J connectivity index is 2.07. The Bertz CT molecular complexity index is 487. The van der Waals surface area contributed by atoms with Crippen LogP contribution in [0.2, 0.25) is 4.34 Å². The van der Waals surface area contributed by atoms with Crippen molar-refractivity contribution >= 4 is 34.3 Å². The van der Waals surface area contributed by atoms with Gasteiger partial charge in [-0.25, -0.2) is 0 Å². The highest BCUT2D eigenvalue weighted by molar-refractivity contribution is 7.16. The number of nitrogens with one attached hydrogen (secondary N) is 1. The number of aliphatic hydroxyl groups excluding tert-OH is 1. The van der Waals surface area contributed by atoms with Crippen LogP contribution in [0.1, 0.15) is 15.8 Å². The van der Waals surface area contributed by atoms with Crippen LogP contribution in [-0.2, 0) is 4.74 Å². The van der Waals surface area contributed by atoms with Crippen molar-refractivity contribution in [2.24, 2.45) is 0 Å². The molecule has 2 heterocycles. The molecule has 19 heavy (non-hydrogen) atoms. The smallest absolute Gasteiger partial charge is 0.0931 e.